The summed E-state index contributed by atoms with van der Waals surface area (Å²) in [4.78, 5) is 33.4. The zero-order valence-corrected chi connectivity index (χ0v) is 21.4. The van der Waals surface area contributed by atoms with Gasteiger partial charge < -0.3 is 9.47 Å². The molecule has 3 rings (SSSR count). The number of hydrogen-bond acceptors (Lipinski definition) is 6. The van der Waals surface area contributed by atoms with Gasteiger partial charge in [0, 0.05) is 23.3 Å². The van der Waals surface area contributed by atoms with Crippen molar-refractivity contribution in [3.05, 3.63) is 105 Å². The summed E-state index contributed by atoms with van der Waals surface area (Å²) in [5, 5.41) is 9.59. The SMILES string of the molecule is O=C(Cl)c1ccc(C(=O)Cl)c(OCCCCCCOC(=Cc2ccc([N+](=O)[O-])cc2)c2ccccc2)c1. The molecule has 0 saturated heterocycles. The summed E-state index contributed by atoms with van der Waals surface area (Å²) in [6.07, 6.45) is 5.17. The minimum absolute atomic E-state index is 0.0361. The van der Waals surface area contributed by atoms with Crippen LogP contribution in [0, 0.1) is 10.1 Å². The maximum absolute atomic E-state index is 11.6. The molecule has 0 aliphatic heterocycles. The molecule has 0 amide bonds. The van der Waals surface area contributed by atoms with Crippen LogP contribution in [0.5, 0.6) is 5.75 Å². The molecule has 0 radical (unpaired) electrons. The summed E-state index contributed by atoms with van der Waals surface area (Å²) in [7, 11) is 0. The van der Waals surface area contributed by atoms with Gasteiger partial charge in [-0.05, 0) is 90.9 Å². The lowest BCUT2D eigenvalue weighted by molar-refractivity contribution is -0.384. The maximum Gasteiger partial charge on any atom is 0.269 e. The van der Waals surface area contributed by atoms with E-state index < -0.39 is 15.4 Å². The Hall–Kier alpha value is -3.68. The zero-order valence-electron chi connectivity index (χ0n) is 19.9. The lowest BCUT2D eigenvalue weighted by Crippen LogP contribution is -2.04. The van der Waals surface area contributed by atoms with Gasteiger partial charge in [-0.2, -0.15) is 0 Å². The number of ether oxygens (including phenoxy) is 2. The van der Waals surface area contributed by atoms with Crippen LogP contribution in [0.4, 0.5) is 5.69 Å². The van der Waals surface area contributed by atoms with E-state index in [9.17, 15) is 19.7 Å². The average Bonchev–Trinajstić information content (AvgIpc) is 2.90. The summed E-state index contributed by atoms with van der Waals surface area (Å²) in [5.74, 6) is 0.920. The highest BCUT2D eigenvalue weighted by atomic mass is 35.5. The molecule has 7 nitrogen and oxygen atoms in total. The zero-order chi connectivity index (χ0) is 26.6. The normalized spacial score (nSPS) is 11.1. The molecule has 0 saturated carbocycles. The Morgan fingerprint density at radius 3 is 2.11 bits per heavy atom. The van der Waals surface area contributed by atoms with Crippen LogP contribution in [-0.4, -0.2) is 28.6 Å². The van der Waals surface area contributed by atoms with Crippen LogP contribution in [-0.2, 0) is 4.74 Å². The minimum atomic E-state index is -0.670. The molecular formula is C28H25Cl2NO6. The monoisotopic (exact) mass is 541 g/mol. The second-order valence-corrected chi connectivity index (χ2v) is 8.78. The van der Waals surface area contributed by atoms with Gasteiger partial charge in [-0.3, -0.25) is 19.7 Å². The topological polar surface area (TPSA) is 95.7 Å². The Labute approximate surface area is 224 Å². The molecule has 3 aromatic rings. The number of nitrogens with zero attached hydrogens (tertiary/aromatic N) is 1. The Balaban J connectivity index is 1.48. The quantitative estimate of drug-likeness (QED) is 0.0523. The lowest BCUT2D eigenvalue weighted by Gasteiger charge is -2.12. The molecule has 9 heteroatoms. The van der Waals surface area contributed by atoms with Gasteiger partial charge in [0.15, 0.2) is 0 Å². The van der Waals surface area contributed by atoms with Crippen molar-refractivity contribution in [1.82, 2.24) is 0 Å². The van der Waals surface area contributed by atoms with Crippen molar-refractivity contribution in [1.29, 1.82) is 0 Å². The van der Waals surface area contributed by atoms with Gasteiger partial charge in [0.1, 0.15) is 11.5 Å². The number of carbonyl (C=O) groups is 2. The molecule has 0 aliphatic carbocycles. The molecule has 37 heavy (non-hydrogen) atoms. The summed E-state index contributed by atoms with van der Waals surface area (Å²) in [6, 6.07) is 20.2. The third-order valence-electron chi connectivity index (χ3n) is 5.43. The molecule has 0 fully saturated rings. The highest BCUT2D eigenvalue weighted by molar-refractivity contribution is 6.68. The van der Waals surface area contributed by atoms with Crippen molar-refractivity contribution in [3.8, 4) is 5.75 Å². The van der Waals surface area contributed by atoms with Gasteiger partial charge in [-0.15, -0.1) is 0 Å². The van der Waals surface area contributed by atoms with Crippen LogP contribution in [0.15, 0.2) is 72.8 Å². The van der Waals surface area contributed by atoms with Crippen LogP contribution in [0.1, 0.15) is 57.5 Å². The number of nitro benzene ring substituents is 1. The predicted octanol–water partition coefficient (Wildman–Crippen LogP) is 7.51. The molecular weight excluding hydrogens is 517 g/mol. The first-order chi connectivity index (χ1) is 17.8. The summed E-state index contributed by atoms with van der Waals surface area (Å²) >= 11 is 11.1. The van der Waals surface area contributed by atoms with Crippen molar-refractivity contribution in [2.75, 3.05) is 13.2 Å². The molecule has 0 N–H and O–H groups in total. The predicted molar refractivity (Wildman–Crippen MR) is 144 cm³/mol. The Morgan fingerprint density at radius 2 is 1.49 bits per heavy atom. The summed E-state index contributed by atoms with van der Waals surface area (Å²) in [5.41, 5.74) is 2.17. The van der Waals surface area contributed by atoms with Gasteiger partial charge in [0.2, 0.25) is 0 Å². The molecule has 192 valence electrons. The highest BCUT2D eigenvalue weighted by Gasteiger charge is 2.13. The number of benzene rings is 3. The van der Waals surface area contributed by atoms with Crippen molar-refractivity contribution >= 4 is 51.2 Å². The molecule has 0 unspecified atom stereocenters. The molecule has 0 spiro atoms. The third kappa shape index (κ3) is 8.74. The van der Waals surface area contributed by atoms with Crippen LogP contribution < -0.4 is 4.74 Å². The van der Waals surface area contributed by atoms with E-state index in [0.29, 0.717) is 19.0 Å². The van der Waals surface area contributed by atoms with E-state index in [1.54, 1.807) is 12.1 Å². The number of rotatable bonds is 14. The Morgan fingerprint density at radius 1 is 0.811 bits per heavy atom. The van der Waals surface area contributed by atoms with Crippen molar-refractivity contribution in [2.24, 2.45) is 0 Å². The molecule has 0 bridgehead atoms. The summed E-state index contributed by atoms with van der Waals surface area (Å²) in [6.45, 7) is 0.854. The van der Waals surface area contributed by atoms with E-state index in [2.05, 4.69) is 0 Å². The number of unbranched alkanes of at least 4 members (excludes halogenated alkanes) is 3. The van der Waals surface area contributed by atoms with E-state index in [0.717, 1.165) is 36.8 Å². The number of halogens is 2. The Kier molecular flexibility index (Phi) is 10.7. The smallest absolute Gasteiger partial charge is 0.269 e. The van der Waals surface area contributed by atoms with Gasteiger partial charge in [0.25, 0.3) is 16.2 Å². The van der Waals surface area contributed by atoms with Gasteiger partial charge in [-0.25, -0.2) is 0 Å². The molecule has 3 aromatic carbocycles. The van der Waals surface area contributed by atoms with Gasteiger partial charge >= 0.3 is 0 Å². The fourth-order valence-electron chi connectivity index (χ4n) is 3.50. The first kappa shape index (κ1) is 27.9. The van der Waals surface area contributed by atoms with Crippen molar-refractivity contribution < 1.29 is 24.0 Å². The largest absolute Gasteiger partial charge is 0.493 e. The summed E-state index contributed by atoms with van der Waals surface area (Å²) < 4.78 is 11.7. The van der Waals surface area contributed by atoms with Crippen molar-refractivity contribution in [3.63, 3.8) is 0 Å². The molecule has 0 atom stereocenters. The van der Waals surface area contributed by atoms with Crippen molar-refractivity contribution in [2.45, 2.75) is 25.7 Å². The minimum Gasteiger partial charge on any atom is -0.493 e. The van der Waals surface area contributed by atoms with E-state index in [-0.39, 0.29) is 22.6 Å². The highest BCUT2D eigenvalue weighted by Crippen LogP contribution is 2.24. The molecule has 0 heterocycles. The Bertz CT molecular complexity index is 1260. The second-order valence-electron chi connectivity index (χ2n) is 8.09. The van der Waals surface area contributed by atoms with Crippen LogP contribution in [0.3, 0.4) is 0 Å². The van der Waals surface area contributed by atoms with Crippen LogP contribution in [0.25, 0.3) is 11.8 Å². The molecule has 0 aliphatic rings. The molecule has 0 aromatic heterocycles. The van der Waals surface area contributed by atoms with Gasteiger partial charge in [0.05, 0.1) is 23.7 Å². The lowest BCUT2D eigenvalue weighted by atomic mass is 10.1. The van der Waals surface area contributed by atoms with E-state index in [1.807, 2.05) is 36.4 Å². The number of carbonyl (C=O) groups excluding carboxylic acids is 2. The van der Waals surface area contributed by atoms with E-state index in [1.165, 1.54) is 30.3 Å². The first-order valence-corrected chi connectivity index (χ1v) is 12.4. The second kappa shape index (κ2) is 14.2. The van der Waals surface area contributed by atoms with E-state index in [4.69, 9.17) is 32.7 Å². The van der Waals surface area contributed by atoms with Gasteiger partial charge in [-0.1, -0.05) is 30.3 Å². The van der Waals surface area contributed by atoms with Crippen LogP contribution >= 0.6 is 23.2 Å². The average molecular weight is 542 g/mol. The maximum atomic E-state index is 11.6. The first-order valence-electron chi connectivity index (χ1n) is 11.7. The standard InChI is InChI=1S/C28H25Cl2NO6/c29-27(32)22-12-15-24(28(30)33)26(19-22)37-17-7-2-1-6-16-36-25(21-8-4-3-5-9-21)18-20-10-13-23(14-11-20)31(34)35/h3-5,8-15,18-19H,1-2,6-7,16-17H2. The third-order valence-corrected chi connectivity index (χ3v) is 5.86. The fourth-order valence-corrected chi connectivity index (χ4v) is 3.78. The number of non-ortho nitro benzene ring substituents is 1. The van der Waals surface area contributed by atoms with Crippen LogP contribution in [0.2, 0.25) is 0 Å². The van der Waals surface area contributed by atoms with E-state index >= 15 is 0 Å². The number of nitro groups is 1. The number of hydrogen-bond donors (Lipinski definition) is 0. The fraction of sp³-hybridized carbons (Fsp3) is 0.214.